The number of carbonyl (C=O) groups excluding carboxylic acids is 1. The molecule has 1 amide bonds. The minimum Gasteiger partial charge on any atom is -0.453 e. The van der Waals surface area contributed by atoms with Gasteiger partial charge in [0.2, 0.25) is 0 Å². The molecule has 0 fully saturated rings. The highest BCUT2D eigenvalue weighted by Gasteiger charge is 2.21. The number of methoxy groups -OCH3 is 1. The quantitative estimate of drug-likeness (QED) is 0.828. The molecule has 0 aliphatic carbocycles. The predicted molar refractivity (Wildman–Crippen MR) is 71.8 cm³/mol. The lowest BCUT2D eigenvalue weighted by atomic mass is 9.88. The van der Waals surface area contributed by atoms with Crippen LogP contribution in [0.3, 0.4) is 0 Å². The summed E-state index contributed by atoms with van der Waals surface area (Å²) in [5.74, 6) is 0.522. The van der Waals surface area contributed by atoms with Gasteiger partial charge in [0.15, 0.2) is 5.76 Å². The topological polar surface area (TPSA) is 71.7 Å². The molecule has 0 spiro atoms. The summed E-state index contributed by atoms with van der Waals surface area (Å²) in [6.07, 6.45) is 0.695. The number of aliphatic hydroxyl groups is 1. The van der Waals surface area contributed by atoms with E-state index in [2.05, 4.69) is 26.1 Å². The van der Waals surface area contributed by atoms with Crippen molar-refractivity contribution in [1.82, 2.24) is 5.32 Å². The predicted octanol–water partition coefficient (Wildman–Crippen LogP) is 1.95. The molecule has 0 aromatic carbocycles. The van der Waals surface area contributed by atoms with E-state index < -0.39 is 0 Å². The van der Waals surface area contributed by atoms with Crippen molar-refractivity contribution in [3.05, 3.63) is 23.7 Å². The van der Waals surface area contributed by atoms with Gasteiger partial charge in [0.1, 0.15) is 12.4 Å². The second kappa shape index (κ2) is 6.73. The monoisotopic (exact) mass is 269 g/mol. The number of nitrogens with one attached hydrogen (secondary N) is 1. The van der Waals surface area contributed by atoms with Crippen molar-refractivity contribution >= 4 is 5.91 Å². The van der Waals surface area contributed by atoms with Crippen LogP contribution in [0, 0.1) is 5.41 Å². The van der Waals surface area contributed by atoms with Crippen LogP contribution >= 0.6 is 0 Å². The third-order valence-corrected chi connectivity index (χ3v) is 2.59. The highest BCUT2D eigenvalue weighted by Crippen LogP contribution is 2.21. The van der Waals surface area contributed by atoms with Gasteiger partial charge in [0.05, 0.1) is 12.6 Å². The van der Waals surface area contributed by atoms with Crippen molar-refractivity contribution in [2.45, 2.75) is 39.8 Å². The molecule has 5 heteroatoms. The van der Waals surface area contributed by atoms with Gasteiger partial charge in [-0.1, -0.05) is 20.8 Å². The Morgan fingerprint density at radius 1 is 1.47 bits per heavy atom. The largest absolute Gasteiger partial charge is 0.453 e. The second-order valence-electron chi connectivity index (χ2n) is 5.82. The van der Waals surface area contributed by atoms with E-state index in [9.17, 15) is 9.90 Å². The number of ether oxygens (including phenoxy) is 1. The van der Waals surface area contributed by atoms with Crippen molar-refractivity contribution in [2.24, 2.45) is 5.41 Å². The number of amides is 1. The summed E-state index contributed by atoms with van der Waals surface area (Å²) < 4.78 is 10.3. The van der Waals surface area contributed by atoms with E-state index in [-0.39, 0.29) is 29.7 Å². The molecule has 0 saturated heterocycles. The first-order valence-electron chi connectivity index (χ1n) is 6.35. The zero-order valence-electron chi connectivity index (χ0n) is 12.0. The summed E-state index contributed by atoms with van der Waals surface area (Å²) in [5.41, 5.74) is 0.0328. The van der Waals surface area contributed by atoms with Crippen LogP contribution in [0.25, 0.3) is 0 Å². The SMILES string of the molecule is COCc1ccc(C(=O)NC(CO)CC(C)(C)C)o1. The van der Waals surface area contributed by atoms with E-state index in [1.807, 2.05) is 0 Å². The smallest absolute Gasteiger partial charge is 0.287 e. The zero-order chi connectivity index (χ0) is 14.5. The van der Waals surface area contributed by atoms with E-state index in [1.165, 1.54) is 0 Å². The van der Waals surface area contributed by atoms with E-state index in [0.29, 0.717) is 18.8 Å². The van der Waals surface area contributed by atoms with Crippen molar-refractivity contribution in [2.75, 3.05) is 13.7 Å². The van der Waals surface area contributed by atoms with Gasteiger partial charge in [-0.2, -0.15) is 0 Å². The molecule has 1 aromatic heterocycles. The van der Waals surface area contributed by atoms with Gasteiger partial charge in [-0.3, -0.25) is 4.79 Å². The van der Waals surface area contributed by atoms with Gasteiger partial charge in [-0.05, 0) is 24.0 Å². The van der Waals surface area contributed by atoms with Crippen LogP contribution in [0.5, 0.6) is 0 Å². The minimum atomic E-state index is -0.314. The molecule has 1 heterocycles. The fourth-order valence-electron chi connectivity index (χ4n) is 1.88. The molecule has 108 valence electrons. The first-order chi connectivity index (χ1) is 8.85. The molecule has 0 aliphatic rings. The molecule has 0 aliphatic heterocycles. The number of furan rings is 1. The summed E-state index contributed by atoms with van der Waals surface area (Å²) in [6.45, 7) is 6.43. The second-order valence-corrected chi connectivity index (χ2v) is 5.82. The lowest BCUT2D eigenvalue weighted by Crippen LogP contribution is -2.39. The highest BCUT2D eigenvalue weighted by molar-refractivity contribution is 5.91. The maximum absolute atomic E-state index is 12.0. The number of hydrogen-bond donors (Lipinski definition) is 2. The van der Waals surface area contributed by atoms with Gasteiger partial charge in [-0.15, -0.1) is 0 Å². The summed E-state index contributed by atoms with van der Waals surface area (Å²) in [7, 11) is 1.56. The van der Waals surface area contributed by atoms with Gasteiger partial charge >= 0.3 is 0 Å². The van der Waals surface area contributed by atoms with Gasteiger partial charge in [0.25, 0.3) is 5.91 Å². The van der Waals surface area contributed by atoms with Crippen LogP contribution in [0.2, 0.25) is 0 Å². The molecule has 19 heavy (non-hydrogen) atoms. The highest BCUT2D eigenvalue weighted by atomic mass is 16.5. The maximum atomic E-state index is 12.0. The molecule has 1 rings (SSSR count). The third-order valence-electron chi connectivity index (χ3n) is 2.59. The van der Waals surface area contributed by atoms with Crippen molar-refractivity contribution in [3.63, 3.8) is 0 Å². The molecular formula is C14H23NO4. The van der Waals surface area contributed by atoms with Gasteiger partial charge in [0, 0.05) is 7.11 Å². The summed E-state index contributed by atoms with van der Waals surface area (Å²) in [4.78, 5) is 12.0. The Kier molecular flexibility index (Phi) is 5.57. The first-order valence-corrected chi connectivity index (χ1v) is 6.35. The maximum Gasteiger partial charge on any atom is 0.287 e. The van der Waals surface area contributed by atoms with Crippen LogP contribution in [0.1, 0.15) is 43.5 Å². The van der Waals surface area contributed by atoms with Crippen LogP contribution in [-0.4, -0.2) is 30.8 Å². The Morgan fingerprint density at radius 2 is 2.16 bits per heavy atom. The van der Waals surface area contributed by atoms with Crippen LogP contribution in [-0.2, 0) is 11.3 Å². The molecule has 1 atom stereocenters. The van der Waals surface area contributed by atoms with Crippen LogP contribution in [0.4, 0.5) is 0 Å². The average molecular weight is 269 g/mol. The Labute approximate surface area is 113 Å². The summed E-state index contributed by atoms with van der Waals surface area (Å²) >= 11 is 0. The van der Waals surface area contributed by atoms with E-state index in [0.717, 1.165) is 0 Å². The number of aliphatic hydroxyl groups excluding tert-OH is 1. The van der Waals surface area contributed by atoms with Crippen LogP contribution in [0.15, 0.2) is 16.5 Å². The third kappa shape index (κ3) is 5.44. The Bertz CT molecular complexity index is 406. The molecule has 0 bridgehead atoms. The lowest BCUT2D eigenvalue weighted by Gasteiger charge is -2.25. The van der Waals surface area contributed by atoms with Crippen LogP contribution < -0.4 is 5.32 Å². The van der Waals surface area contributed by atoms with E-state index >= 15 is 0 Å². The van der Waals surface area contributed by atoms with Gasteiger partial charge < -0.3 is 19.6 Å². The Hall–Kier alpha value is -1.33. The minimum absolute atomic E-state index is 0.0328. The molecule has 2 N–H and O–H groups in total. The number of rotatable bonds is 6. The number of hydrogen-bond acceptors (Lipinski definition) is 4. The molecule has 0 saturated carbocycles. The molecule has 1 aromatic rings. The molecule has 1 unspecified atom stereocenters. The standard InChI is InChI=1S/C14H23NO4/c1-14(2,3)7-10(8-16)15-13(17)12-6-5-11(19-12)9-18-4/h5-6,10,16H,7-9H2,1-4H3,(H,15,17). The van der Waals surface area contributed by atoms with E-state index in [4.69, 9.17) is 9.15 Å². The number of carbonyl (C=O) groups is 1. The Balaban J connectivity index is 2.61. The first kappa shape index (κ1) is 15.7. The average Bonchev–Trinajstić information content (AvgIpc) is 2.75. The summed E-state index contributed by atoms with van der Waals surface area (Å²) in [6, 6.07) is 3.04. The van der Waals surface area contributed by atoms with Crippen molar-refractivity contribution in [3.8, 4) is 0 Å². The van der Waals surface area contributed by atoms with E-state index in [1.54, 1.807) is 19.2 Å². The fraction of sp³-hybridized carbons (Fsp3) is 0.643. The molecule has 5 nitrogen and oxygen atoms in total. The summed E-state index contributed by atoms with van der Waals surface area (Å²) in [5, 5.41) is 12.1. The normalized spacial score (nSPS) is 13.3. The fourth-order valence-corrected chi connectivity index (χ4v) is 1.88. The molecule has 0 radical (unpaired) electrons. The molecular weight excluding hydrogens is 246 g/mol. The van der Waals surface area contributed by atoms with Crippen molar-refractivity contribution < 1.29 is 19.1 Å². The van der Waals surface area contributed by atoms with Gasteiger partial charge in [-0.25, -0.2) is 0 Å². The lowest BCUT2D eigenvalue weighted by molar-refractivity contribution is 0.0861. The van der Waals surface area contributed by atoms with Crippen molar-refractivity contribution in [1.29, 1.82) is 0 Å². The zero-order valence-corrected chi connectivity index (χ0v) is 12.0. The Morgan fingerprint density at radius 3 is 2.68 bits per heavy atom.